The van der Waals surface area contributed by atoms with E-state index in [1.807, 2.05) is 28.8 Å². The zero-order valence-electron chi connectivity index (χ0n) is 14.3. The number of nitrogens with zero attached hydrogens (tertiary/aromatic N) is 3. The third-order valence-electron chi connectivity index (χ3n) is 4.03. The van der Waals surface area contributed by atoms with Crippen LogP contribution in [0.3, 0.4) is 0 Å². The average Bonchev–Trinajstić information content (AvgIpc) is 2.97. The van der Waals surface area contributed by atoms with E-state index in [0.29, 0.717) is 19.6 Å². The van der Waals surface area contributed by atoms with Gasteiger partial charge >= 0.3 is 0 Å². The molecule has 3 rings (SSSR count). The second-order valence-corrected chi connectivity index (χ2v) is 6.21. The van der Waals surface area contributed by atoms with Crippen LogP contribution in [0.4, 0.5) is 0 Å². The standard InChI is InChI=1S/C16H23N5O2.2ClH/c1-11(2)15(16-20-19-13-5-3-4-7-21(13)16)18-14(22)9-12-10-23-8-6-17-12;;/h3-5,7,11-12,15,17H,6,8-10H2,1-2H3,(H,18,22);2*1H. The van der Waals surface area contributed by atoms with Crippen LogP contribution in [0.2, 0.25) is 0 Å². The Balaban J connectivity index is 0.00000156. The highest BCUT2D eigenvalue weighted by atomic mass is 35.5. The highest BCUT2D eigenvalue weighted by Gasteiger charge is 2.25. The summed E-state index contributed by atoms with van der Waals surface area (Å²) in [6.45, 7) is 6.21. The fourth-order valence-electron chi connectivity index (χ4n) is 2.81. The van der Waals surface area contributed by atoms with E-state index in [-0.39, 0.29) is 48.7 Å². The van der Waals surface area contributed by atoms with Gasteiger partial charge in [0.2, 0.25) is 5.91 Å². The molecule has 2 atom stereocenters. The number of pyridine rings is 1. The number of nitrogens with one attached hydrogen (secondary N) is 2. The molecule has 0 aliphatic carbocycles. The summed E-state index contributed by atoms with van der Waals surface area (Å²) in [6, 6.07) is 5.66. The van der Waals surface area contributed by atoms with Gasteiger partial charge in [0.15, 0.2) is 11.5 Å². The third kappa shape index (κ3) is 5.28. The maximum atomic E-state index is 12.4. The monoisotopic (exact) mass is 389 g/mol. The smallest absolute Gasteiger partial charge is 0.222 e. The maximum absolute atomic E-state index is 12.4. The van der Waals surface area contributed by atoms with Gasteiger partial charge in [-0.25, -0.2) is 0 Å². The van der Waals surface area contributed by atoms with Gasteiger partial charge in [0.25, 0.3) is 0 Å². The van der Waals surface area contributed by atoms with Crippen LogP contribution >= 0.6 is 24.8 Å². The number of aromatic nitrogens is 3. The van der Waals surface area contributed by atoms with Gasteiger partial charge in [0.05, 0.1) is 19.3 Å². The first-order valence-corrected chi connectivity index (χ1v) is 8.05. The van der Waals surface area contributed by atoms with Crippen LogP contribution < -0.4 is 10.6 Å². The van der Waals surface area contributed by atoms with E-state index in [1.165, 1.54) is 0 Å². The molecular formula is C16H25Cl2N5O2. The summed E-state index contributed by atoms with van der Waals surface area (Å²) in [4.78, 5) is 12.4. The summed E-state index contributed by atoms with van der Waals surface area (Å²) >= 11 is 0. The number of hydrogen-bond acceptors (Lipinski definition) is 5. The molecule has 0 saturated carbocycles. The van der Waals surface area contributed by atoms with Crippen LogP contribution in [0.1, 0.15) is 32.1 Å². The number of halogens is 2. The molecule has 140 valence electrons. The number of carbonyl (C=O) groups excluding carboxylic acids is 1. The van der Waals surface area contributed by atoms with E-state index in [9.17, 15) is 4.79 Å². The van der Waals surface area contributed by atoms with Crippen molar-refractivity contribution in [3.63, 3.8) is 0 Å². The molecule has 3 heterocycles. The SMILES string of the molecule is CC(C)C(NC(=O)CC1COCCN1)c1nnc2ccccn12.Cl.Cl. The molecule has 0 spiro atoms. The molecular weight excluding hydrogens is 365 g/mol. The number of amides is 1. The van der Waals surface area contributed by atoms with Crippen molar-refractivity contribution in [2.75, 3.05) is 19.8 Å². The van der Waals surface area contributed by atoms with E-state index >= 15 is 0 Å². The molecule has 1 aliphatic rings. The quantitative estimate of drug-likeness (QED) is 0.814. The number of morpholine rings is 1. The Labute approximate surface area is 159 Å². The predicted molar refractivity (Wildman–Crippen MR) is 100 cm³/mol. The predicted octanol–water partition coefficient (Wildman–Crippen LogP) is 1.76. The van der Waals surface area contributed by atoms with Crippen molar-refractivity contribution in [2.24, 2.45) is 5.92 Å². The van der Waals surface area contributed by atoms with Crippen LogP contribution in [0, 0.1) is 5.92 Å². The lowest BCUT2D eigenvalue weighted by molar-refractivity contribution is -0.123. The van der Waals surface area contributed by atoms with Gasteiger partial charge in [0.1, 0.15) is 0 Å². The van der Waals surface area contributed by atoms with E-state index in [2.05, 4.69) is 34.7 Å². The number of rotatable bonds is 5. The minimum atomic E-state index is -0.176. The largest absolute Gasteiger partial charge is 0.378 e. The molecule has 0 bridgehead atoms. The highest BCUT2D eigenvalue weighted by Crippen LogP contribution is 2.21. The Bertz CT molecular complexity index is 673. The molecule has 2 N–H and O–H groups in total. The second-order valence-electron chi connectivity index (χ2n) is 6.21. The first kappa shape index (κ1) is 21.6. The average molecular weight is 390 g/mol. The lowest BCUT2D eigenvalue weighted by atomic mass is 10.0. The van der Waals surface area contributed by atoms with E-state index in [0.717, 1.165) is 18.0 Å². The van der Waals surface area contributed by atoms with Gasteiger partial charge in [-0.1, -0.05) is 19.9 Å². The van der Waals surface area contributed by atoms with Crippen molar-refractivity contribution in [2.45, 2.75) is 32.4 Å². The lowest BCUT2D eigenvalue weighted by Gasteiger charge is -2.25. The molecule has 1 amide bonds. The molecule has 1 aliphatic heterocycles. The molecule has 25 heavy (non-hydrogen) atoms. The Kier molecular flexibility index (Phi) is 8.58. The molecule has 2 aromatic rings. The van der Waals surface area contributed by atoms with Gasteiger partial charge in [0, 0.05) is 25.2 Å². The molecule has 7 nitrogen and oxygen atoms in total. The first-order chi connectivity index (χ1) is 11.1. The Morgan fingerprint density at radius 2 is 2.20 bits per heavy atom. The number of fused-ring (bicyclic) bond motifs is 1. The summed E-state index contributed by atoms with van der Waals surface area (Å²) in [5, 5.41) is 14.8. The van der Waals surface area contributed by atoms with Crippen molar-refractivity contribution >= 4 is 36.4 Å². The molecule has 1 fully saturated rings. The zero-order chi connectivity index (χ0) is 16.2. The minimum absolute atomic E-state index is 0. The molecule has 1 saturated heterocycles. The van der Waals surface area contributed by atoms with Crippen LogP contribution in [0.25, 0.3) is 5.65 Å². The summed E-state index contributed by atoms with van der Waals surface area (Å²) < 4.78 is 7.32. The van der Waals surface area contributed by atoms with Crippen LogP contribution in [0.5, 0.6) is 0 Å². The first-order valence-electron chi connectivity index (χ1n) is 8.05. The summed E-state index contributed by atoms with van der Waals surface area (Å²) in [5.74, 6) is 0.971. The van der Waals surface area contributed by atoms with E-state index in [4.69, 9.17) is 4.74 Å². The van der Waals surface area contributed by atoms with Crippen molar-refractivity contribution in [3.8, 4) is 0 Å². The topological polar surface area (TPSA) is 80.5 Å². The third-order valence-corrected chi connectivity index (χ3v) is 4.03. The highest BCUT2D eigenvalue weighted by molar-refractivity contribution is 5.85. The Morgan fingerprint density at radius 1 is 1.40 bits per heavy atom. The fraction of sp³-hybridized carbons (Fsp3) is 0.562. The number of ether oxygens (including phenoxy) is 1. The van der Waals surface area contributed by atoms with E-state index < -0.39 is 0 Å². The molecule has 2 unspecified atom stereocenters. The normalized spacial score (nSPS) is 18.3. The van der Waals surface area contributed by atoms with Gasteiger partial charge in [-0.3, -0.25) is 9.20 Å². The second kappa shape index (κ2) is 9.91. The van der Waals surface area contributed by atoms with Crippen LogP contribution in [0.15, 0.2) is 24.4 Å². The number of hydrogen-bond donors (Lipinski definition) is 2. The zero-order valence-corrected chi connectivity index (χ0v) is 16.0. The Hall–Kier alpha value is -1.41. The number of carbonyl (C=O) groups is 1. The summed E-state index contributed by atoms with van der Waals surface area (Å²) in [5.41, 5.74) is 0.782. The molecule has 0 radical (unpaired) electrons. The van der Waals surface area contributed by atoms with Crippen LogP contribution in [-0.4, -0.2) is 46.3 Å². The van der Waals surface area contributed by atoms with E-state index in [1.54, 1.807) is 0 Å². The fourth-order valence-corrected chi connectivity index (χ4v) is 2.81. The van der Waals surface area contributed by atoms with Gasteiger partial charge in [-0.15, -0.1) is 35.0 Å². The summed E-state index contributed by atoms with van der Waals surface area (Å²) in [7, 11) is 0. The molecule has 0 aromatic carbocycles. The lowest BCUT2D eigenvalue weighted by Crippen LogP contribution is -2.45. The molecule has 2 aromatic heterocycles. The Morgan fingerprint density at radius 3 is 2.88 bits per heavy atom. The molecule has 9 heteroatoms. The van der Waals surface area contributed by atoms with Gasteiger partial charge in [-0.05, 0) is 18.1 Å². The minimum Gasteiger partial charge on any atom is -0.378 e. The van der Waals surface area contributed by atoms with Crippen molar-refractivity contribution in [3.05, 3.63) is 30.2 Å². The van der Waals surface area contributed by atoms with Gasteiger partial charge in [-0.2, -0.15) is 0 Å². The summed E-state index contributed by atoms with van der Waals surface area (Å²) in [6.07, 6.45) is 2.32. The van der Waals surface area contributed by atoms with Crippen molar-refractivity contribution < 1.29 is 9.53 Å². The maximum Gasteiger partial charge on any atom is 0.222 e. The van der Waals surface area contributed by atoms with Crippen molar-refractivity contribution in [1.29, 1.82) is 0 Å². The van der Waals surface area contributed by atoms with Crippen LogP contribution in [-0.2, 0) is 9.53 Å². The van der Waals surface area contributed by atoms with Crippen molar-refractivity contribution in [1.82, 2.24) is 25.2 Å². The van der Waals surface area contributed by atoms with Gasteiger partial charge < -0.3 is 15.4 Å².